The highest BCUT2D eigenvalue weighted by atomic mass is 16.4. The van der Waals surface area contributed by atoms with Crippen molar-refractivity contribution in [3.63, 3.8) is 0 Å². The number of nitrogens with zero attached hydrogens (tertiary/aromatic N) is 2. The maximum absolute atomic E-state index is 12.7. The number of rotatable bonds is 3. The normalized spacial score (nSPS) is 12.7. The molecule has 2 aromatic carbocycles. The van der Waals surface area contributed by atoms with Gasteiger partial charge in [0.15, 0.2) is 11.2 Å². The molecule has 0 radical (unpaired) electrons. The highest BCUT2D eigenvalue weighted by molar-refractivity contribution is 5.89. The van der Waals surface area contributed by atoms with Crippen LogP contribution in [-0.2, 0) is 0 Å². The van der Waals surface area contributed by atoms with E-state index >= 15 is 0 Å². The van der Waals surface area contributed by atoms with Crippen LogP contribution in [0.2, 0.25) is 0 Å². The molecule has 1 atom stereocenters. The van der Waals surface area contributed by atoms with Crippen LogP contribution in [0, 0.1) is 0 Å². The van der Waals surface area contributed by atoms with Crippen LogP contribution in [0.15, 0.2) is 67.0 Å². The summed E-state index contributed by atoms with van der Waals surface area (Å²) >= 11 is 0. The van der Waals surface area contributed by atoms with Gasteiger partial charge in [0.25, 0.3) is 0 Å². The average Bonchev–Trinajstić information content (AvgIpc) is 3.09. The summed E-state index contributed by atoms with van der Waals surface area (Å²) < 4.78 is 12.7. The minimum atomic E-state index is -0.734. The van der Waals surface area contributed by atoms with Gasteiger partial charge in [0.2, 0.25) is 5.91 Å². The summed E-state index contributed by atoms with van der Waals surface area (Å²) in [4.78, 5) is 36.8. The van der Waals surface area contributed by atoms with E-state index in [1.165, 1.54) is 4.57 Å². The number of hydrogen-bond acceptors (Lipinski definition) is 5. The zero-order chi connectivity index (χ0) is 17.6. The number of aromatic nitrogens is 2. The van der Waals surface area contributed by atoms with E-state index in [2.05, 4.69) is 0 Å². The van der Waals surface area contributed by atoms with E-state index in [4.69, 9.17) is 8.83 Å². The summed E-state index contributed by atoms with van der Waals surface area (Å²) in [6, 6.07) is 13.2. The zero-order valence-electron chi connectivity index (χ0n) is 13.3. The first-order chi connectivity index (χ1) is 12.1. The molecule has 0 N–H and O–H groups in total. The van der Waals surface area contributed by atoms with E-state index in [1.807, 2.05) is 0 Å². The maximum atomic E-state index is 12.7. The second-order valence-corrected chi connectivity index (χ2v) is 5.82. The molecule has 0 aliphatic heterocycles. The monoisotopic (exact) mass is 338 g/mol. The lowest BCUT2D eigenvalue weighted by Crippen LogP contribution is -2.27. The van der Waals surface area contributed by atoms with Crippen molar-refractivity contribution in [3.8, 4) is 0 Å². The summed E-state index contributed by atoms with van der Waals surface area (Å²) in [6.07, 6.45) is -0.0487. The number of carbonyl (C=O) groups excluding carboxylic acids is 1. The lowest BCUT2D eigenvalue weighted by Gasteiger charge is -2.11. The predicted octanol–water partition coefficient (Wildman–Crippen LogP) is 2.79. The second-order valence-electron chi connectivity index (χ2n) is 5.82. The van der Waals surface area contributed by atoms with E-state index in [-0.39, 0.29) is 6.42 Å². The molecule has 0 aliphatic rings. The highest BCUT2D eigenvalue weighted by Gasteiger charge is 2.21. The van der Waals surface area contributed by atoms with Gasteiger partial charge in [0.1, 0.15) is 0 Å². The van der Waals surface area contributed by atoms with E-state index < -0.39 is 23.5 Å². The Morgan fingerprint density at radius 3 is 2.20 bits per heavy atom. The molecule has 25 heavy (non-hydrogen) atoms. The van der Waals surface area contributed by atoms with Gasteiger partial charge in [-0.15, -0.1) is 0 Å². The number of hydrogen-bond donors (Lipinski definition) is 0. The Kier molecular flexibility index (Phi) is 3.42. The second kappa shape index (κ2) is 5.62. The maximum Gasteiger partial charge on any atom is 0.426 e. The van der Waals surface area contributed by atoms with Crippen LogP contribution in [0.1, 0.15) is 24.2 Å². The molecular weight excluding hydrogens is 324 g/mol. The first-order valence-corrected chi connectivity index (χ1v) is 7.80. The molecular formula is C18H14N2O5. The van der Waals surface area contributed by atoms with Crippen LogP contribution in [0.3, 0.4) is 0 Å². The van der Waals surface area contributed by atoms with Crippen molar-refractivity contribution < 1.29 is 13.6 Å². The Morgan fingerprint density at radius 2 is 1.48 bits per heavy atom. The van der Waals surface area contributed by atoms with Gasteiger partial charge in [-0.1, -0.05) is 24.3 Å². The van der Waals surface area contributed by atoms with E-state index in [0.29, 0.717) is 22.2 Å². The number of para-hydroxylation sites is 4. The fourth-order valence-electron chi connectivity index (χ4n) is 3.04. The molecule has 7 heteroatoms. The zero-order valence-corrected chi connectivity index (χ0v) is 13.3. The largest absolute Gasteiger partial charge is 0.426 e. The van der Waals surface area contributed by atoms with Gasteiger partial charge in [0.05, 0.1) is 11.0 Å². The molecule has 0 fully saturated rings. The standard InChI is InChI=1S/C18H14N2O5/c1-11(19-12-6-2-4-8-14(12)24-17(19)22)10-16(21)20-13-7-3-5-9-15(13)25-18(20)23/h2-9,11H,10H2,1H3/t11-/m0/s1. The Morgan fingerprint density at radius 1 is 0.920 bits per heavy atom. The van der Waals surface area contributed by atoms with Crippen molar-refractivity contribution in [2.24, 2.45) is 0 Å². The quantitative estimate of drug-likeness (QED) is 0.573. The predicted molar refractivity (Wildman–Crippen MR) is 90.9 cm³/mol. The van der Waals surface area contributed by atoms with Crippen LogP contribution in [-0.4, -0.2) is 15.0 Å². The number of oxazole rings is 2. The van der Waals surface area contributed by atoms with Crippen molar-refractivity contribution in [1.82, 2.24) is 9.13 Å². The fourth-order valence-corrected chi connectivity index (χ4v) is 3.04. The molecule has 4 rings (SSSR count). The van der Waals surface area contributed by atoms with Gasteiger partial charge in [-0.05, 0) is 31.2 Å². The van der Waals surface area contributed by atoms with Crippen molar-refractivity contribution in [1.29, 1.82) is 0 Å². The van der Waals surface area contributed by atoms with Crippen LogP contribution < -0.4 is 11.5 Å². The van der Waals surface area contributed by atoms with Gasteiger partial charge in [-0.3, -0.25) is 9.36 Å². The van der Waals surface area contributed by atoms with Gasteiger partial charge < -0.3 is 8.83 Å². The molecule has 0 saturated heterocycles. The molecule has 0 spiro atoms. The topological polar surface area (TPSA) is 87.4 Å². The third-order valence-corrected chi connectivity index (χ3v) is 4.16. The summed E-state index contributed by atoms with van der Waals surface area (Å²) in [5, 5.41) is 0. The minimum Gasteiger partial charge on any atom is -0.408 e. The molecule has 0 unspecified atom stereocenters. The highest BCUT2D eigenvalue weighted by Crippen LogP contribution is 2.20. The first kappa shape index (κ1) is 15.2. The average molecular weight is 338 g/mol. The summed E-state index contributed by atoms with van der Waals surface area (Å²) in [5.74, 6) is -1.71. The summed E-state index contributed by atoms with van der Waals surface area (Å²) in [5.41, 5.74) is 1.82. The Hall–Kier alpha value is -3.35. The van der Waals surface area contributed by atoms with E-state index in [9.17, 15) is 14.4 Å². The minimum absolute atomic E-state index is 0.0487. The van der Waals surface area contributed by atoms with Crippen molar-refractivity contribution in [3.05, 3.63) is 69.6 Å². The van der Waals surface area contributed by atoms with Gasteiger partial charge in [0, 0.05) is 12.5 Å². The molecule has 0 aliphatic carbocycles. The molecule has 7 nitrogen and oxygen atoms in total. The molecule has 4 aromatic rings. The lowest BCUT2D eigenvalue weighted by molar-refractivity contribution is 0.0881. The number of fused-ring (bicyclic) bond motifs is 2. The fraction of sp³-hybridized carbons (Fsp3) is 0.167. The third kappa shape index (κ3) is 2.40. The SMILES string of the molecule is C[C@@H](CC(=O)n1c(=O)oc2ccccc21)n1c(=O)oc2ccccc21. The van der Waals surface area contributed by atoms with E-state index in [1.54, 1.807) is 55.5 Å². The van der Waals surface area contributed by atoms with Crippen LogP contribution in [0.25, 0.3) is 22.2 Å². The van der Waals surface area contributed by atoms with Gasteiger partial charge >= 0.3 is 11.5 Å². The number of carbonyl (C=O) groups is 1. The molecule has 2 heterocycles. The van der Waals surface area contributed by atoms with Crippen molar-refractivity contribution in [2.75, 3.05) is 0 Å². The third-order valence-electron chi connectivity index (χ3n) is 4.16. The smallest absolute Gasteiger partial charge is 0.408 e. The summed E-state index contributed by atoms with van der Waals surface area (Å²) in [6.45, 7) is 1.73. The Balaban J connectivity index is 1.73. The number of benzene rings is 2. The van der Waals surface area contributed by atoms with Gasteiger partial charge in [-0.25, -0.2) is 14.2 Å². The van der Waals surface area contributed by atoms with Crippen molar-refractivity contribution >= 4 is 28.1 Å². The van der Waals surface area contributed by atoms with Crippen LogP contribution in [0.4, 0.5) is 0 Å². The molecule has 0 amide bonds. The van der Waals surface area contributed by atoms with Crippen LogP contribution in [0.5, 0.6) is 0 Å². The van der Waals surface area contributed by atoms with E-state index in [0.717, 1.165) is 4.57 Å². The molecule has 0 bridgehead atoms. The van der Waals surface area contributed by atoms with Crippen molar-refractivity contribution in [2.45, 2.75) is 19.4 Å². The Bertz CT molecular complexity index is 1210. The summed E-state index contributed by atoms with van der Waals surface area (Å²) in [7, 11) is 0. The molecule has 126 valence electrons. The van der Waals surface area contributed by atoms with Gasteiger partial charge in [-0.2, -0.15) is 0 Å². The lowest BCUT2D eigenvalue weighted by atomic mass is 10.2. The van der Waals surface area contributed by atoms with Crippen LogP contribution >= 0.6 is 0 Å². The Labute approximate surface area is 140 Å². The first-order valence-electron chi connectivity index (χ1n) is 7.80. The molecule has 2 aromatic heterocycles. The molecule has 0 saturated carbocycles.